The summed E-state index contributed by atoms with van der Waals surface area (Å²) in [7, 11) is 0. The lowest BCUT2D eigenvalue weighted by atomic mass is 10.0. The normalized spacial score (nSPS) is 13.7. The standard InChI is InChI=1S/C28H38N2O6/c1-5-22(21-13-9-10-14-23(21)36-19-26(31)30-15-11-12-16-30)29-28(32)20-17-24(33-6-2)27(35-8-4)25(18-20)34-7-3/h9-10,13-14,17-18,22H,5-8,11-12,15-16,19H2,1-4H3,(H,29,32). The smallest absolute Gasteiger partial charge is 0.260 e. The van der Waals surface area contributed by atoms with Crippen LogP contribution in [0.1, 0.15) is 68.9 Å². The van der Waals surface area contributed by atoms with E-state index in [1.54, 1.807) is 12.1 Å². The number of hydrogen-bond donors (Lipinski definition) is 1. The average Bonchev–Trinajstić information content (AvgIpc) is 3.43. The molecule has 1 aliphatic rings. The van der Waals surface area contributed by atoms with Crippen LogP contribution in [0, 0.1) is 0 Å². The third-order valence-electron chi connectivity index (χ3n) is 5.99. The molecule has 1 heterocycles. The molecule has 1 unspecified atom stereocenters. The first-order valence-corrected chi connectivity index (χ1v) is 12.9. The van der Waals surface area contributed by atoms with Crippen molar-refractivity contribution in [2.24, 2.45) is 0 Å². The number of carbonyl (C=O) groups excluding carboxylic acids is 2. The zero-order valence-electron chi connectivity index (χ0n) is 21.8. The first-order chi connectivity index (χ1) is 17.5. The Labute approximate surface area is 213 Å². The van der Waals surface area contributed by atoms with Crippen LogP contribution >= 0.6 is 0 Å². The fourth-order valence-electron chi connectivity index (χ4n) is 4.26. The molecule has 8 heteroatoms. The molecule has 0 bridgehead atoms. The van der Waals surface area contributed by atoms with Crippen molar-refractivity contribution in [1.82, 2.24) is 10.2 Å². The number of rotatable bonds is 13. The number of nitrogens with one attached hydrogen (secondary N) is 1. The van der Waals surface area contributed by atoms with Crippen molar-refractivity contribution in [3.8, 4) is 23.0 Å². The number of benzene rings is 2. The van der Waals surface area contributed by atoms with Crippen molar-refractivity contribution < 1.29 is 28.5 Å². The molecule has 2 amide bonds. The summed E-state index contributed by atoms with van der Waals surface area (Å²) < 4.78 is 23.2. The van der Waals surface area contributed by atoms with Gasteiger partial charge in [0, 0.05) is 24.2 Å². The molecular formula is C28H38N2O6. The molecular weight excluding hydrogens is 460 g/mol. The molecule has 1 atom stereocenters. The van der Waals surface area contributed by atoms with Gasteiger partial charge in [-0.25, -0.2) is 0 Å². The Morgan fingerprint density at radius 1 is 0.861 bits per heavy atom. The van der Waals surface area contributed by atoms with Gasteiger partial charge in [-0.05, 0) is 58.2 Å². The van der Waals surface area contributed by atoms with Crippen LogP contribution in [-0.2, 0) is 4.79 Å². The van der Waals surface area contributed by atoms with E-state index in [1.807, 2.05) is 56.9 Å². The zero-order valence-corrected chi connectivity index (χ0v) is 21.8. The van der Waals surface area contributed by atoms with Crippen LogP contribution in [0.4, 0.5) is 0 Å². The molecule has 1 N–H and O–H groups in total. The minimum atomic E-state index is -0.312. The minimum Gasteiger partial charge on any atom is -0.490 e. The maximum absolute atomic E-state index is 13.4. The predicted molar refractivity (Wildman–Crippen MR) is 138 cm³/mol. The van der Waals surface area contributed by atoms with Crippen LogP contribution in [0.3, 0.4) is 0 Å². The molecule has 1 aliphatic heterocycles. The molecule has 0 saturated carbocycles. The van der Waals surface area contributed by atoms with Crippen LogP contribution < -0.4 is 24.3 Å². The third kappa shape index (κ3) is 6.83. The van der Waals surface area contributed by atoms with Gasteiger partial charge < -0.3 is 29.2 Å². The molecule has 2 aromatic rings. The monoisotopic (exact) mass is 498 g/mol. The Kier molecular flexibility index (Phi) is 10.3. The minimum absolute atomic E-state index is 0.0133. The van der Waals surface area contributed by atoms with Crippen LogP contribution in [0.2, 0.25) is 0 Å². The quantitative estimate of drug-likeness (QED) is 0.428. The second kappa shape index (κ2) is 13.6. The number of nitrogens with zero attached hydrogens (tertiary/aromatic N) is 1. The van der Waals surface area contributed by atoms with Crippen molar-refractivity contribution in [2.75, 3.05) is 39.5 Å². The number of ether oxygens (including phenoxy) is 4. The summed E-state index contributed by atoms with van der Waals surface area (Å²) in [5, 5.41) is 3.11. The van der Waals surface area contributed by atoms with Gasteiger partial charge in [-0.15, -0.1) is 0 Å². The number of para-hydroxylation sites is 1. The van der Waals surface area contributed by atoms with Gasteiger partial charge in [-0.3, -0.25) is 9.59 Å². The first-order valence-electron chi connectivity index (χ1n) is 12.9. The highest BCUT2D eigenvalue weighted by Gasteiger charge is 2.23. The maximum atomic E-state index is 13.4. The van der Waals surface area contributed by atoms with Gasteiger partial charge in [-0.2, -0.15) is 0 Å². The molecule has 1 fully saturated rings. The SMILES string of the molecule is CCOc1cc(C(=O)NC(CC)c2ccccc2OCC(=O)N2CCCC2)cc(OCC)c1OCC. The van der Waals surface area contributed by atoms with E-state index < -0.39 is 0 Å². The van der Waals surface area contributed by atoms with Crippen molar-refractivity contribution >= 4 is 11.8 Å². The topological polar surface area (TPSA) is 86.3 Å². The average molecular weight is 499 g/mol. The van der Waals surface area contributed by atoms with E-state index >= 15 is 0 Å². The lowest BCUT2D eigenvalue weighted by molar-refractivity contribution is -0.132. The van der Waals surface area contributed by atoms with Gasteiger partial charge in [0.2, 0.25) is 5.75 Å². The molecule has 0 aliphatic carbocycles. The molecule has 2 aromatic carbocycles. The lowest BCUT2D eigenvalue weighted by Gasteiger charge is -2.22. The molecule has 1 saturated heterocycles. The summed E-state index contributed by atoms with van der Waals surface area (Å²) in [4.78, 5) is 27.7. The Hall–Kier alpha value is -3.42. The summed E-state index contributed by atoms with van der Waals surface area (Å²) in [6.07, 6.45) is 2.71. The van der Waals surface area contributed by atoms with E-state index in [1.165, 1.54) is 0 Å². The molecule has 0 radical (unpaired) electrons. The van der Waals surface area contributed by atoms with Crippen molar-refractivity contribution in [2.45, 2.75) is 53.0 Å². The van der Waals surface area contributed by atoms with Crippen LogP contribution in [0.15, 0.2) is 36.4 Å². The number of hydrogen-bond acceptors (Lipinski definition) is 6. The fraction of sp³-hybridized carbons (Fsp3) is 0.500. The predicted octanol–water partition coefficient (Wildman–Crippen LogP) is 4.77. The van der Waals surface area contributed by atoms with Gasteiger partial charge in [-0.1, -0.05) is 25.1 Å². The summed E-state index contributed by atoms with van der Waals surface area (Å²) in [6.45, 7) is 10.5. The van der Waals surface area contributed by atoms with Gasteiger partial charge in [0.25, 0.3) is 11.8 Å². The molecule has 3 rings (SSSR count). The Bertz CT molecular complexity index is 992. The summed E-state index contributed by atoms with van der Waals surface area (Å²) >= 11 is 0. The summed E-state index contributed by atoms with van der Waals surface area (Å²) in [5.74, 6) is 1.73. The van der Waals surface area contributed by atoms with E-state index in [0.29, 0.717) is 54.8 Å². The Balaban J connectivity index is 1.80. The fourth-order valence-corrected chi connectivity index (χ4v) is 4.26. The van der Waals surface area contributed by atoms with E-state index in [0.717, 1.165) is 31.5 Å². The Morgan fingerprint density at radius 3 is 2.06 bits per heavy atom. The maximum Gasteiger partial charge on any atom is 0.260 e. The molecule has 0 spiro atoms. The van der Waals surface area contributed by atoms with E-state index in [-0.39, 0.29) is 24.5 Å². The summed E-state index contributed by atoms with van der Waals surface area (Å²) in [5.41, 5.74) is 1.23. The lowest BCUT2D eigenvalue weighted by Crippen LogP contribution is -2.32. The van der Waals surface area contributed by atoms with E-state index in [2.05, 4.69) is 5.32 Å². The first kappa shape index (κ1) is 27.2. The van der Waals surface area contributed by atoms with Gasteiger partial charge >= 0.3 is 0 Å². The van der Waals surface area contributed by atoms with Crippen molar-refractivity contribution in [3.05, 3.63) is 47.5 Å². The van der Waals surface area contributed by atoms with E-state index in [9.17, 15) is 9.59 Å². The second-order valence-electron chi connectivity index (χ2n) is 8.45. The highest BCUT2D eigenvalue weighted by molar-refractivity contribution is 5.96. The molecule has 8 nitrogen and oxygen atoms in total. The number of likely N-dealkylation sites (tertiary alicyclic amines) is 1. The van der Waals surface area contributed by atoms with E-state index in [4.69, 9.17) is 18.9 Å². The van der Waals surface area contributed by atoms with Gasteiger partial charge in [0.15, 0.2) is 18.1 Å². The zero-order chi connectivity index (χ0) is 25.9. The third-order valence-corrected chi connectivity index (χ3v) is 5.99. The second-order valence-corrected chi connectivity index (χ2v) is 8.45. The van der Waals surface area contributed by atoms with Crippen LogP contribution in [0.25, 0.3) is 0 Å². The Morgan fingerprint density at radius 2 is 1.47 bits per heavy atom. The van der Waals surface area contributed by atoms with Crippen molar-refractivity contribution in [1.29, 1.82) is 0 Å². The summed E-state index contributed by atoms with van der Waals surface area (Å²) in [6, 6.07) is 10.6. The number of carbonyl (C=O) groups is 2. The largest absolute Gasteiger partial charge is 0.490 e. The van der Waals surface area contributed by atoms with Crippen molar-refractivity contribution in [3.63, 3.8) is 0 Å². The highest BCUT2D eigenvalue weighted by Crippen LogP contribution is 2.39. The van der Waals surface area contributed by atoms with Crippen LogP contribution in [-0.4, -0.2) is 56.2 Å². The van der Waals surface area contributed by atoms with Gasteiger partial charge in [0.1, 0.15) is 5.75 Å². The number of amides is 2. The molecule has 196 valence electrons. The molecule has 36 heavy (non-hydrogen) atoms. The molecule has 0 aromatic heterocycles. The van der Waals surface area contributed by atoms with Crippen LogP contribution in [0.5, 0.6) is 23.0 Å². The highest BCUT2D eigenvalue weighted by atomic mass is 16.5. The van der Waals surface area contributed by atoms with Gasteiger partial charge in [0.05, 0.1) is 25.9 Å².